The second kappa shape index (κ2) is 17.0. The highest BCUT2D eigenvalue weighted by Crippen LogP contribution is 2.07. The Morgan fingerprint density at radius 1 is 0.800 bits per heavy atom. The number of hydrogen-bond donors (Lipinski definition) is 9. The minimum absolute atomic E-state index is 0.0920. The standard InChI is InChI=1S/C24H36N8O8/c25-14(7-4-10-29-24(27)28)20(36)30-15(8-9-19(34)35)21(37)31-16(11-13-5-2-1-3-6-13)22(38)32-17(23(39)40)12-18(26)33/h1-3,5-6,14-17H,4,7-12,25H2,(H2,26,33)(H,30,36)(H,31,37)(H,32,38)(H,34,35)(H,39,40)(H4,27,28,29). The minimum atomic E-state index is -1.65. The molecule has 0 fully saturated rings. The van der Waals surface area contributed by atoms with E-state index in [2.05, 4.69) is 20.9 Å². The molecule has 0 aliphatic rings. The highest BCUT2D eigenvalue weighted by molar-refractivity contribution is 5.95. The number of carboxylic acid groups (broad SMARTS) is 2. The molecule has 13 N–H and O–H groups in total. The molecule has 0 aliphatic carbocycles. The van der Waals surface area contributed by atoms with Crippen molar-refractivity contribution in [2.24, 2.45) is 27.9 Å². The maximum Gasteiger partial charge on any atom is 0.326 e. The molecule has 40 heavy (non-hydrogen) atoms. The Bertz CT molecular complexity index is 1080. The molecule has 0 heterocycles. The molecule has 16 nitrogen and oxygen atoms in total. The van der Waals surface area contributed by atoms with Gasteiger partial charge in [0, 0.05) is 19.4 Å². The molecular weight excluding hydrogens is 528 g/mol. The predicted octanol–water partition coefficient (Wildman–Crippen LogP) is -3.11. The first kappa shape index (κ1) is 33.3. The number of primary amides is 1. The molecule has 0 saturated carbocycles. The van der Waals surface area contributed by atoms with Crippen LogP contribution in [0.5, 0.6) is 0 Å². The van der Waals surface area contributed by atoms with Crippen LogP contribution < -0.4 is 38.9 Å². The molecule has 220 valence electrons. The maximum atomic E-state index is 13.2. The summed E-state index contributed by atoms with van der Waals surface area (Å²) in [6.07, 6.45) is -1.09. The summed E-state index contributed by atoms with van der Waals surface area (Å²) in [5, 5.41) is 25.5. The van der Waals surface area contributed by atoms with Crippen LogP contribution in [0.2, 0.25) is 0 Å². The SMILES string of the molecule is NC(=O)CC(NC(=O)C(Cc1ccccc1)NC(=O)C(CCC(=O)O)NC(=O)C(N)CCCN=C(N)N)C(=O)O. The third-order valence-electron chi connectivity index (χ3n) is 5.52. The van der Waals surface area contributed by atoms with Crippen LogP contribution in [0.25, 0.3) is 0 Å². The normalized spacial score (nSPS) is 13.5. The van der Waals surface area contributed by atoms with Gasteiger partial charge < -0.3 is 49.1 Å². The molecule has 4 atom stereocenters. The summed E-state index contributed by atoms with van der Waals surface area (Å²) in [4.78, 5) is 76.5. The lowest BCUT2D eigenvalue weighted by Crippen LogP contribution is -2.58. The van der Waals surface area contributed by atoms with Crippen molar-refractivity contribution in [3.63, 3.8) is 0 Å². The lowest BCUT2D eigenvalue weighted by molar-refractivity contribution is -0.143. The molecule has 0 bridgehead atoms. The number of carboxylic acids is 2. The number of carbonyl (C=O) groups excluding carboxylic acids is 4. The average molecular weight is 565 g/mol. The van der Waals surface area contributed by atoms with E-state index in [0.29, 0.717) is 12.0 Å². The van der Waals surface area contributed by atoms with E-state index >= 15 is 0 Å². The Hall–Kier alpha value is -4.73. The molecule has 0 spiro atoms. The lowest BCUT2D eigenvalue weighted by atomic mass is 10.0. The largest absolute Gasteiger partial charge is 0.481 e. The second-order valence-corrected chi connectivity index (χ2v) is 8.87. The average Bonchev–Trinajstić information content (AvgIpc) is 2.87. The van der Waals surface area contributed by atoms with Crippen molar-refractivity contribution >= 4 is 41.5 Å². The number of benzene rings is 1. The Labute approximate surface area is 229 Å². The number of aliphatic carboxylic acids is 2. The summed E-state index contributed by atoms with van der Waals surface area (Å²) >= 11 is 0. The number of guanidine groups is 1. The molecular formula is C24H36N8O8. The molecule has 4 amide bonds. The summed E-state index contributed by atoms with van der Waals surface area (Å²) in [7, 11) is 0. The Kier molecular flexibility index (Phi) is 14.1. The fourth-order valence-electron chi connectivity index (χ4n) is 3.47. The van der Waals surface area contributed by atoms with Gasteiger partial charge in [-0.15, -0.1) is 0 Å². The Balaban J connectivity index is 3.09. The van der Waals surface area contributed by atoms with Gasteiger partial charge in [0.05, 0.1) is 12.5 Å². The summed E-state index contributed by atoms with van der Waals surface area (Å²) in [6.45, 7) is 0.218. The highest BCUT2D eigenvalue weighted by Gasteiger charge is 2.31. The van der Waals surface area contributed by atoms with Gasteiger partial charge in [0.2, 0.25) is 23.6 Å². The van der Waals surface area contributed by atoms with Gasteiger partial charge in [-0.05, 0) is 24.8 Å². The van der Waals surface area contributed by atoms with Crippen LogP contribution in [-0.4, -0.2) is 82.5 Å². The quantitative estimate of drug-likeness (QED) is 0.0488. The molecule has 0 aromatic heterocycles. The third-order valence-corrected chi connectivity index (χ3v) is 5.52. The van der Waals surface area contributed by atoms with Gasteiger partial charge in [0.15, 0.2) is 5.96 Å². The molecule has 0 radical (unpaired) electrons. The lowest BCUT2D eigenvalue weighted by Gasteiger charge is -2.25. The first-order chi connectivity index (χ1) is 18.8. The first-order valence-corrected chi connectivity index (χ1v) is 12.3. The van der Waals surface area contributed by atoms with Gasteiger partial charge in [0.25, 0.3) is 0 Å². The summed E-state index contributed by atoms with van der Waals surface area (Å²) < 4.78 is 0. The van der Waals surface area contributed by atoms with Gasteiger partial charge >= 0.3 is 11.9 Å². The zero-order chi connectivity index (χ0) is 30.2. The van der Waals surface area contributed by atoms with E-state index in [-0.39, 0.29) is 31.8 Å². The fraction of sp³-hybridized carbons (Fsp3) is 0.458. The van der Waals surface area contributed by atoms with Crippen molar-refractivity contribution in [1.29, 1.82) is 0 Å². The van der Waals surface area contributed by atoms with Crippen molar-refractivity contribution in [3.8, 4) is 0 Å². The van der Waals surface area contributed by atoms with Crippen molar-refractivity contribution in [2.45, 2.75) is 62.7 Å². The van der Waals surface area contributed by atoms with Crippen LogP contribution in [0.15, 0.2) is 35.3 Å². The van der Waals surface area contributed by atoms with E-state index in [4.69, 9.17) is 28.0 Å². The van der Waals surface area contributed by atoms with Gasteiger partial charge in [-0.2, -0.15) is 0 Å². The minimum Gasteiger partial charge on any atom is -0.481 e. The van der Waals surface area contributed by atoms with Crippen molar-refractivity contribution in [2.75, 3.05) is 6.54 Å². The first-order valence-electron chi connectivity index (χ1n) is 12.3. The van der Waals surface area contributed by atoms with E-state index in [1.165, 1.54) is 0 Å². The highest BCUT2D eigenvalue weighted by atomic mass is 16.4. The number of nitrogens with zero attached hydrogens (tertiary/aromatic N) is 1. The molecule has 1 aromatic carbocycles. The molecule has 1 aromatic rings. The zero-order valence-corrected chi connectivity index (χ0v) is 21.7. The maximum absolute atomic E-state index is 13.2. The number of amides is 4. The predicted molar refractivity (Wildman–Crippen MR) is 142 cm³/mol. The van der Waals surface area contributed by atoms with Gasteiger partial charge in [-0.1, -0.05) is 30.3 Å². The van der Waals surface area contributed by atoms with Crippen LogP contribution in [0.4, 0.5) is 0 Å². The third kappa shape index (κ3) is 13.2. The molecule has 0 aliphatic heterocycles. The number of rotatable bonds is 18. The second-order valence-electron chi connectivity index (χ2n) is 8.87. The number of nitrogens with two attached hydrogens (primary N) is 4. The Morgan fingerprint density at radius 3 is 1.93 bits per heavy atom. The van der Waals surface area contributed by atoms with E-state index in [9.17, 15) is 33.9 Å². The van der Waals surface area contributed by atoms with Crippen molar-refractivity contribution in [1.82, 2.24) is 16.0 Å². The molecule has 0 saturated heterocycles. The van der Waals surface area contributed by atoms with Crippen LogP contribution in [0.3, 0.4) is 0 Å². The molecule has 16 heteroatoms. The number of aliphatic imine (C=N–C) groups is 1. The van der Waals surface area contributed by atoms with Crippen molar-refractivity contribution < 1.29 is 39.0 Å². The van der Waals surface area contributed by atoms with E-state index in [1.807, 2.05) is 0 Å². The van der Waals surface area contributed by atoms with Crippen LogP contribution in [0, 0.1) is 0 Å². The van der Waals surface area contributed by atoms with Crippen molar-refractivity contribution in [3.05, 3.63) is 35.9 Å². The van der Waals surface area contributed by atoms with Gasteiger partial charge in [-0.25, -0.2) is 4.79 Å². The van der Waals surface area contributed by atoms with E-state index in [1.54, 1.807) is 30.3 Å². The Morgan fingerprint density at radius 2 is 1.38 bits per heavy atom. The fourth-order valence-corrected chi connectivity index (χ4v) is 3.47. The molecule has 4 unspecified atom stereocenters. The van der Waals surface area contributed by atoms with Gasteiger partial charge in [0.1, 0.15) is 18.1 Å². The zero-order valence-electron chi connectivity index (χ0n) is 21.7. The number of nitrogens with one attached hydrogen (secondary N) is 3. The number of hydrogen-bond acceptors (Lipinski definition) is 8. The monoisotopic (exact) mass is 564 g/mol. The van der Waals surface area contributed by atoms with Gasteiger partial charge in [-0.3, -0.25) is 29.0 Å². The number of carbonyl (C=O) groups is 6. The van der Waals surface area contributed by atoms with E-state index in [0.717, 1.165) is 0 Å². The molecule has 1 rings (SSSR count). The van der Waals surface area contributed by atoms with E-state index < -0.39 is 72.6 Å². The topological polar surface area (TPSA) is 295 Å². The summed E-state index contributed by atoms with van der Waals surface area (Å²) in [5.41, 5.74) is 22.0. The van der Waals surface area contributed by atoms with Crippen LogP contribution >= 0.6 is 0 Å². The summed E-state index contributed by atoms with van der Waals surface area (Å²) in [5.74, 6) is -6.43. The smallest absolute Gasteiger partial charge is 0.326 e. The summed E-state index contributed by atoms with van der Waals surface area (Å²) in [6, 6.07) is 2.95. The van der Waals surface area contributed by atoms with Crippen LogP contribution in [0.1, 0.15) is 37.7 Å². The van der Waals surface area contributed by atoms with Crippen LogP contribution in [-0.2, 0) is 35.2 Å².